The Morgan fingerprint density at radius 1 is 1.10 bits per heavy atom. The quantitative estimate of drug-likeness (QED) is 0.863. The molecule has 3 nitrogen and oxygen atoms in total. The number of hydrazine groups is 1. The molecule has 6 heteroatoms. The van der Waals surface area contributed by atoms with Crippen molar-refractivity contribution < 1.29 is 13.2 Å². The summed E-state index contributed by atoms with van der Waals surface area (Å²) in [6.07, 6.45) is 3.39. The van der Waals surface area contributed by atoms with E-state index in [0.717, 1.165) is 11.6 Å². The third-order valence-electron chi connectivity index (χ3n) is 3.85. The van der Waals surface area contributed by atoms with Crippen LogP contribution in [0.3, 0.4) is 0 Å². The van der Waals surface area contributed by atoms with Crippen LogP contribution < -0.4 is 10.4 Å². The van der Waals surface area contributed by atoms with Gasteiger partial charge in [-0.15, -0.1) is 0 Å². The summed E-state index contributed by atoms with van der Waals surface area (Å²) < 4.78 is 40.2. The molecule has 21 heavy (non-hydrogen) atoms. The molecule has 110 valence electrons. The highest BCUT2D eigenvalue weighted by molar-refractivity contribution is 5.50. The molecular weight excluding hydrogens is 279 g/mol. The van der Waals surface area contributed by atoms with E-state index in [1.165, 1.54) is 11.1 Å². The Kier molecular flexibility index (Phi) is 3.33. The van der Waals surface area contributed by atoms with Crippen molar-refractivity contribution in [1.82, 2.24) is 10.4 Å². The van der Waals surface area contributed by atoms with E-state index in [2.05, 4.69) is 10.4 Å². The molecule has 1 unspecified atom stereocenters. The van der Waals surface area contributed by atoms with Gasteiger partial charge in [0, 0.05) is 30.9 Å². The lowest BCUT2D eigenvalue weighted by molar-refractivity contribution is 0.445. The Morgan fingerprint density at radius 2 is 1.81 bits per heavy atom. The lowest BCUT2D eigenvalue weighted by atomic mass is 9.84. The molecule has 1 atom stereocenters. The number of pyridine rings is 1. The maximum Gasteiger partial charge on any atom is 0.196 e. The lowest BCUT2D eigenvalue weighted by Crippen LogP contribution is -2.32. The SMILES string of the molecule is CC1(c2ccncc2)CNN(c2ccc(F)c(F)c2F)C1. The van der Waals surface area contributed by atoms with Gasteiger partial charge in [0.2, 0.25) is 0 Å². The van der Waals surface area contributed by atoms with Crippen molar-refractivity contribution >= 4 is 5.69 Å². The van der Waals surface area contributed by atoms with E-state index in [-0.39, 0.29) is 11.1 Å². The van der Waals surface area contributed by atoms with Gasteiger partial charge in [-0.05, 0) is 29.8 Å². The monoisotopic (exact) mass is 293 g/mol. The summed E-state index contributed by atoms with van der Waals surface area (Å²) >= 11 is 0. The maximum absolute atomic E-state index is 13.9. The van der Waals surface area contributed by atoms with Gasteiger partial charge in [-0.3, -0.25) is 4.98 Å². The van der Waals surface area contributed by atoms with Gasteiger partial charge in [-0.2, -0.15) is 0 Å². The number of halogens is 3. The van der Waals surface area contributed by atoms with E-state index in [1.54, 1.807) is 12.4 Å². The molecule has 1 aliphatic rings. The second-order valence-corrected chi connectivity index (χ2v) is 5.41. The molecule has 2 heterocycles. The summed E-state index contributed by atoms with van der Waals surface area (Å²) in [5.74, 6) is -3.82. The van der Waals surface area contributed by atoms with Crippen molar-refractivity contribution in [2.75, 3.05) is 18.1 Å². The highest BCUT2D eigenvalue weighted by atomic mass is 19.2. The first-order chi connectivity index (χ1) is 10.0. The van der Waals surface area contributed by atoms with Crippen LogP contribution in [0.5, 0.6) is 0 Å². The van der Waals surface area contributed by atoms with Gasteiger partial charge < -0.3 is 5.01 Å². The van der Waals surface area contributed by atoms with Crippen molar-refractivity contribution in [3.63, 3.8) is 0 Å². The van der Waals surface area contributed by atoms with Gasteiger partial charge in [-0.25, -0.2) is 18.6 Å². The van der Waals surface area contributed by atoms with Crippen LogP contribution in [0.2, 0.25) is 0 Å². The van der Waals surface area contributed by atoms with Crippen LogP contribution in [-0.4, -0.2) is 18.1 Å². The van der Waals surface area contributed by atoms with Crippen molar-refractivity contribution in [1.29, 1.82) is 0 Å². The van der Waals surface area contributed by atoms with E-state index >= 15 is 0 Å². The second-order valence-electron chi connectivity index (χ2n) is 5.41. The molecular formula is C15H14F3N3. The van der Waals surface area contributed by atoms with Crippen LogP contribution in [0.1, 0.15) is 12.5 Å². The number of benzene rings is 1. The number of aromatic nitrogens is 1. The topological polar surface area (TPSA) is 28.2 Å². The van der Waals surface area contributed by atoms with E-state index in [0.29, 0.717) is 13.1 Å². The maximum atomic E-state index is 13.9. The average Bonchev–Trinajstić information content (AvgIpc) is 2.89. The largest absolute Gasteiger partial charge is 0.304 e. The lowest BCUT2D eigenvalue weighted by Gasteiger charge is -2.24. The predicted molar refractivity (Wildman–Crippen MR) is 73.3 cm³/mol. The minimum atomic E-state index is -1.45. The Balaban J connectivity index is 1.90. The summed E-state index contributed by atoms with van der Waals surface area (Å²) in [5.41, 5.74) is 3.83. The first-order valence-electron chi connectivity index (χ1n) is 6.56. The van der Waals surface area contributed by atoms with Crippen molar-refractivity contribution in [2.24, 2.45) is 0 Å². The smallest absolute Gasteiger partial charge is 0.196 e. The summed E-state index contributed by atoms with van der Waals surface area (Å²) in [6.45, 7) is 3.03. The molecule has 1 aromatic heterocycles. The fourth-order valence-corrected chi connectivity index (χ4v) is 2.57. The standard InChI is InChI=1S/C15H14F3N3/c1-15(10-4-6-19-7-5-10)8-20-21(9-15)12-3-2-11(16)13(17)14(12)18/h2-7,20H,8-9H2,1H3. The molecule has 0 amide bonds. The van der Waals surface area contributed by atoms with Crippen LogP contribution in [0.15, 0.2) is 36.7 Å². The molecule has 0 bridgehead atoms. The normalized spacial score (nSPS) is 21.8. The molecule has 1 aromatic carbocycles. The molecule has 0 aliphatic carbocycles. The minimum absolute atomic E-state index is 0.00619. The summed E-state index contributed by atoms with van der Waals surface area (Å²) in [6, 6.07) is 5.95. The number of nitrogens with one attached hydrogen (secondary N) is 1. The van der Waals surface area contributed by atoms with Crippen molar-refractivity contribution in [3.8, 4) is 0 Å². The zero-order valence-corrected chi connectivity index (χ0v) is 11.4. The van der Waals surface area contributed by atoms with Crippen LogP contribution in [0.25, 0.3) is 0 Å². The van der Waals surface area contributed by atoms with Gasteiger partial charge in [0.1, 0.15) is 0 Å². The molecule has 2 aromatic rings. The summed E-state index contributed by atoms with van der Waals surface area (Å²) in [5, 5.41) is 1.51. The predicted octanol–water partition coefficient (Wildman–Crippen LogP) is 2.78. The molecule has 1 aliphatic heterocycles. The second kappa shape index (κ2) is 5.04. The fourth-order valence-electron chi connectivity index (χ4n) is 2.57. The van der Waals surface area contributed by atoms with Crippen LogP contribution >= 0.6 is 0 Å². The first-order valence-corrected chi connectivity index (χ1v) is 6.56. The van der Waals surface area contributed by atoms with Gasteiger partial charge in [0.15, 0.2) is 17.5 Å². The number of anilines is 1. The van der Waals surface area contributed by atoms with Gasteiger partial charge >= 0.3 is 0 Å². The molecule has 1 fully saturated rings. The Labute approximate surface area is 120 Å². The van der Waals surface area contributed by atoms with Gasteiger partial charge in [0.05, 0.1) is 5.69 Å². The number of hydrogen-bond acceptors (Lipinski definition) is 3. The highest BCUT2D eigenvalue weighted by Crippen LogP contribution is 2.32. The van der Waals surface area contributed by atoms with Crippen molar-refractivity contribution in [2.45, 2.75) is 12.3 Å². The molecule has 1 N–H and O–H groups in total. The van der Waals surface area contributed by atoms with Gasteiger partial charge in [0.25, 0.3) is 0 Å². The molecule has 0 radical (unpaired) electrons. The van der Waals surface area contributed by atoms with E-state index < -0.39 is 17.5 Å². The zero-order valence-electron chi connectivity index (χ0n) is 11.4. The average molecular weight is 293 g/mol. The van der Waals surface area contributed by atoms with Crippen LogP contribution in [-0.2, 0) is 5.41 Å². The zero-order chi connectivity index (χ0) is 15.0. The molecule has 0 saturated carbocycles. The van der Waals surface area contributed by atoms with Crippen molar-refractivity contribution in [3.05, 3.63) is 59.7 Å². The highest BCUT2D eigenvalue weighted by Gasteiger charge is 2.36. The third kappa shape index (κ3) is 2.35. The molecule has 1 saturated heterocycles. The minimum Gasteiger partial charge on any atom is -0.304 e. The summed E-state index contributed by atoms with van der Waals surface area (Å²) in [7, 11) is 0. The molecule has 3 rings (SSSR count). The van der Waals surface area contributed by atoms with Crippen LogP contribution in [0, 0.1) is 17.5 Å². The van der Waals surface area contributed by atoms with Crippen LogP contribution in [0.4, 0.5) is 18.9 Å². The fraction of sp³-hybridized carbons (Fsp3) is 0.267. The number of rotatable bonds is 2. The molecule has 0 spiro atoms. The number of nitrogens with zero attached hydrogens (tertiary/aromatic N) is 2. The third-order valence-corrected chi connectivity index (χ3v) is 3.85. The first kappa shape index (κ1) is 13.9. The Morgan fingerprint density at radius 3 is 2.52 bits per heavy atom. The van der Waals surface area contributed by atoms with E-state index in [1.807, 2.05) is 19.1 Å². The Hall–Kier alpha value is -2.08. The van der Waals surface area contributed by atoms with E-state index in [9.17, 15) is 13.2 Å². The number of hydrogen-bond donors (Lipinski definition) is 1. The summed E-state index contributed by atoms with van der Waals surface area (Å²) in [4.78, 5) is 3.98. The van der Waals surface area contributed by atoms with Gasteiger partial charge in [-0.1, -0.05) is 6.92 Å². The Bertz CT molecular complexity index is 663. The van der Waals surface area contributed by atoms with E-state index in [4.69, 9.17) is 0 Å².